The first-order valence-corrected chi connectivity index (χ1v) is 11.1. The van der Waals surface area contributed by atoms with E-state index in [-0.39, 0.29) is 12.5 Å². The van der Waals surface area contributed by atoms with Crippen molar-refractivity contribution in [3.05, 3.63) is 51.5 Å². The van der Waals surface area contributed by atoms with Gasteiger partial charge in [0.05, 0.1) is 12.2 Å². The van der Waals surface area contributed by atoms with Crippen LogP contribution in [0.25, 0.3) is 0 Å². The highest BCUT2D eigenvalue weighted by atomic mass is 32.1. The van der Waals surface area contributed by atoms with Gasteiger partial charge in [-0.3, -0.25) is 4.79 Å². The second kappa shape index (κ2) is 10.4. The molecule has 1 aromatic carbocycles. The highest BCUT2D eigenvalue weighted by Gasteiger charge is 2.17. The minimum absolute atomic E-state index is 0.00882. The van der Waals surface area contributed by atoms with Crippen molar-refractivity contribution >= 4 is 23.2 Å². The van der Waals surface area contributed by atoms with Crippen molar-refractivity contribution in [2.45, 2.75) is 38.6 Å². The van der Waals surface area contributed by atoms with E-state index in [4.69, 9.17) is 4.98 Å². The van der Waals surface area contributed by atoms with Crippen LogP contribution in [0.1, 0.15) is 34.0 Å². The molecule has 0 aliphatic heterocycles. The molecule has 0 saturated carbocycles. The van der Waals surface area contributed by atoms with Crippen LogP contribution >= 0.6 is 11.3 Å². The Bertz CT molecular complexity index is 807. The number of thiazole rings is 1. The molecule has 1 aliphatic carbocycles. The van der Waals surface area contributed by atoms with Gasteiger partial charge in [-0.25, -0.2) is 9.98 Å². The Balaban J connectivity index is 1.64. The fourth-order valence-corrected chi connectivity index (χ4v) is 4.52. The molecule has 2 aromatic rings. The first kappa shape index (κ1) is 21.3. The van der Waals surface area contributed by atoms with Crippen LogP contribution in [0.4, 0.5) is 0 Å². The predicted octanol–water partition coefficient (Wildman–Crippen LogP) is 2.73. The Morgan fingerprint density at radius 2 is 1.93 bits per heavy atom. The molecule has 0 unspecified atom stereocenters. The van der Waals surface area contributed by atoms with E-state index in [0.29, 0.717) is 6.54 Å². The predicted molar refractivity (Wildman–Crippen MR) is 119 cm³/mol. The molecule has 0 spiro atoms. The van der Waals surface area contributed by atoms with Gasteiger partial charge >= 0.3 is 0 Å². The molecule has 0 atom stereocenters. The molecule has 0 saturated heterocycles. The van der Waals surface area contributed by atoms with Gasteiger partial charge in [-0.2, -0.15) is 0 Å². The number of rotatable bonds is 7. The molecule has 1 aliphatic rings. The highest BCUT2D eigenvalue weighted by molar-refractivity contribution is 7.11. The number of guanidine groups is 1. The topological polar surface area (TPSA) is 60.8 Å². The monoisotopic (exact) mass is 413 g/mol. The van der Waals surface area contributed by atoms with Gasteiger partial charge < -0.3 is 15.1 Å². The molecular formula is C22H31N5OS. The summed E-state index contributed by atoms with van der Waals surface area (Å²) >= 11 is 1.82. The summed E-state index contributed by atoms with van der Waals surface area (Å²) in [7, 11) is 5.52. The Labute approximate surface area is 177 Å². The van der Waals surface area contributed by atoms with Crippen LogP contribution in [-0.2, 0) is 30.6 Å². The van der Waals surface area contributed by atoms with Gasteiger partial charge in [-0.05, 0) is 37.7 Å². The van der Waals surface area contributed by atoms with Crippen LogP contribution in [-0.4, -0.2) is 60.9 Å². The van der Waals surface area contributed by atoms with Gasteiger partial charge in [0.25, 0.3) is 0 Å². The zero-order chi connectivity index (χ0) is 20.6. The second-order valence-corrected chi connectivity index (χ2v) is 8.80. The summed E-state index contributed by atoms with van der Waals surface area (Å²) < 4.78 is 0. The number of aryl methyl sites for hydroxylation is 2. The largest absolute Gasteiger partial charge is 0.356 e. The Morgan fingerprint density at radius 3 is 2.66 bits per heavy atom. The molecule has 7 heteroatoms. The molecule has 156 valence electrons. The van der Waals surface area contributed by atoms with Crippen LogP contribution in [0, 0.1) is 0 Å². The maximum absolute atomic E-state index is 12.0. The van der Waals surface area contributed by atoms with Gasteiger partial charge in [-0.1, -0.05) is 30.3 Å². The molecule has 0 fully saturated rings. The molecule has 1 N–H and O–H groups in total. The molecule has 29 heavy (non-hydrogen) atoms. The van der Waals surface area contributed by atoms with Crippen molar-refractivity contribution in [3.8, 4) is 0 Å². The van der Waals surface area contributed by atoms with E-state index in [1.807, 2.05) is 24.5 Å². The van der Waals surface area contributed by atoms with E-state index in [0.717, 1.165) is 36.8 Å². The number of aromatic nitrogens is 1. The van der Waals surface area contributed by atoms with Crippen LogP contribution in [0.5, 0.6) is 0 Å². The Kier molecular flexibility index (Phi) is 7.63. The molecule has 1 amide bonds. The summed E-state index contributed by atoms with van der Waals surface area (Å²) in [6.45, 7) is 1.60. The molecule has 3 rings (SSSR count). The van der Waals surface area contributed by atoms with Crippen LogP contribution in [0.3, 0.4) is 0 Å². The lowest BCUT2D eigenvalue weighted by molar-refractivity contribution is -0.127. The third-order valence-electron chi connectivity index (χ3n) is 5.03. The van der Waals surface area contributed by atoms with Crippen LogP contribution in [0.15, 0.2) is 35.3 Å². The van der Waals surface area contributed by atoms with Crippen LogP contribution < -0.4 is 5.32 Å². The Morgan fingerprint density at radius 1 is 1.17 bits per heavy atom. The maximum Gasteiger partial charge on any atom is 0.243 e. The first-order valence-electron chi connectivity index (χ1n) is 10.2. The SMILES string of the molecule is CN(C)C(=O)CN=C(NCCc1ccccc1)N(C)Cc1nc2c(s1)CCCC2. The molecular weight excluding hydrogens is 382 g/mol. The summed E-state index contributed by atoms with van der Waals surface area (Å²) in [5, 5.41) is 4.55. The van der Waals surface area contributed by atoms with Crippen molar-refractivity contribution in [2.24, 2.45) is 4.99 Å². The number of nitrogens with zero attached hydrogens (tertiary/aromatic N) is 4. The third-order valence-corrected chi connectivity index (χ3v) is 6.17. The number of hydrogen-bond donors (Lipinski definition) is 1. The fraction of sp³-hybridized carbons (Fsp3) is 0.500. The average molecular weight is 414 g/mol. The molecule has 0 bridgehead atoms. The number of fused-ring (bicyclic) bond motifs is 1. The summed E-state index contributed by atoms with van der Waals surface area (Å²) in [6.07, 6.45) is 5.67. The lowest BCUT2D eigenvalue weighted by atomic mass is 10.0. The summed E-state index contributed by atoms with van der Waals surface area (Å²) in [5.74, 6) is 0.731. The van der Waals surface area contributed by atoms with Gasteiger partial charge in [0.15, 0.2) is 5.96 Å². The molecule has 1 aromatic heterocycles. The molecule has 1 heterocycles. The van der Waals surface area contributed by atoms with Gasteiger partial charge in [0.1, 0.15) is 11.6 Å². The van der Waals surface area contributed by atoms with E-state index in [9.17, 15) is 4.79 Å². The highest BCUT2D eigenvalue weighted by Crippen LogP contribution is 2.27. The zero-order valence-electron chi connectivity index (χ0n) is 17.6. The number of amides is 1. The van der Waals surface area contributed by atoms with E-state index < -0.39 is 0 Å². The van der Waals surface area contributed by atoms with Crippen molar-refractivity contribution < 1.29 is 4.79 Å². The van der Waals surface area contributed by atoms with Gasteiger partial charge in [-0.15, -0.1) is 11.3 Å². The lowest BCUT2D eigenvalue weighted by Gasteiger charge is -2.22. The Hall–Kier alpha value is -2.41. The summed E-state index contributed by atoms with van der Waals surface area (Å²) in [4.78, 5) is 26.5. The number of benzene rings is 1. The molecule has 6 nitrogen and oxygen atoms in total. The minimum Gasteiger partial charge on any atom is -0.356 e. The van der Waals surface area contributed by atoms with Crippen molar-refractivity contribution in [2.75, 3.05) is 34.2 Å². The zero-order valence-corrected chi connectivity index (χ0v) is 18.5. The number of carbonyl (C=O) groups is 1. The molecule has 0 radical (unpaired) electrons. The van der Waals surface area contributed by atoms with Crippen molar-refractivity contribution in [1.29, 1.82) is 0 Å². The minimum atomic E-state index is -0.00882. The van der Waals surface area contributed by atoms with Crippen molar-refractivity contribution in [3.63, 3.8) is 0 Å². The number of likely N-dealkylation sites (N-methyl/N-ethyl adjacent to an activating group) is 1. The second-order valence-electron chi connectivity index (χ2n) is 7.63. The van der Waals surface area contributed by atoms with Gasteiger partial charge in [0, 0.05) is 32.6 Å². The number of aliphatic imine (C=N–C) groups is 1. The average Bonchev–Trinajstić information content (AvgIpc) is 3.13. The normalized spacial score (nSPS) is 13.7. The first-order chi connectivity index (χ1) is 14.0. The number of nitrogens with one attached hydrogen (secondary N) is 1. The van der Waals surface area contributed by atoms with Crippen molar-refractivity contribution in [1.82, 2.24) is 20.1 Å². The van der Waals surface area contributed by atoms with E-state index in [1.165, 1.54) is 29.0 Å². The summed E-state index contributed by atoms with van der Waals surface area (Å²) in [6, 6.07) is 10.4. The van der Waals surface area contributed by atoms with E-state index >= 15 is 0 Å². The number of carbonyl (C=O) groups excluding carboxylic acids is 1. The third kappa shape index (κ3) is 6.29. The lowest BCUT2D eigenvalue weighted by Crippen LogP contribution is -2.40. The summed E-state index contributed by atoms with van der Waals surface area (Å²) in [5.41, 5.74) is 2.56. The smallest absolute Gasteiger partial charge is 0.243 e. The van der Waals surface area contributed by atoms with Crippen LogP contribution in [0.2, 0.25) is 0 Å². The van der Waals surface area contributed by atoms with E-state index in [2.05, 4.69) is 39.5 Å². The standard InChI is InChI=1S/C22H31N5OS/c1-26(2)21(28)15-24-22(23-14-13-17-9-5-4-6-10-17)27(3)16-20-25-18-11-7-8-12-19(18)29-20/h4-6,9-10H,7-8,11-16H2,1-3H3,(H,23,24). The fourth-order valence-electron chi connectivity index (χ4n) is 3.31. The quantitative estimate of drug-likeness (QED) is 0.560. The maximum atomic E-state index is 12.0. The number of hydrogen-bond acceptors (Lipinski definition) is 4. The van der Waals surface area contributed by atoms with E-state index in [1.54, 1.807) is 19.0 Å². The van der Waals surface area contributed by atoms with Gasteiger partial charge in [0.2, 0.25) is 5.91 Å².